The largest absolute Gasteiger partial charge is 0.495 e. The van der Waals surface area contributed by atoms with E-state index in [0.717, 1.165) is 5.69 Å². The molecule has 2 aromatic rings. The van der Waals surface area contributed by atoms with E-state index in [1.807, 2.05) is 31.2 Å². The summed E-state index contributed by atoms with van der Waals surface area (Å²) in [5, 5.41) is 5.73. The summed E-state index contributed by atoms with van der Waals surface area (Å²) in [4.78, 5) is 12.3. The second kappa shape index (κ2) is 7.45. The van der Waals surface area contributed by atoms with Crippen LogP contribution in [0.5, 0.6) is 5.75 Å². The Morgan fingerprint density at radius 1 is 1.14 bits per heavy atom. The Bertz CT molecular complexity index is 646. The number of rotatable bonds is 6. The number of carbonyl (C=O) groups excluding carboxylic acids is 1. The number of anilines is 2. The van der Waals surface area contributed by atoms with Crippen LogP contribution in [0.25, 0.3) is 0 Å². The molecule has 2 N–H and O–H groups in total. The number of para-hydroxylation sites is 3. The predicted octanol–water partition coefficient (Wildman–Crippen LogP) is 3.66. The second-order valence-electron chi connectivity index (χ2n) is 4.77. The minimum atomic E-state index is -0.490. The highest BCUT2D eigenvalue weighted by Crippen LogP contribution is 2.24. The third-order valence-electron chi connectivity index (χ3n) is 3.29. The minimum absolute atomic E-state index is 0.174. The zero-order valence-electron chi connectivity index (χ0n) is 12.6. The molecule has 0 saturated carbocycles. The molecule has 0 radical (unpaired) electrons. The van der Waals surface area contributed by atoms with Crippen molar-refractivity contribution in [1.29, 1.82) is 0 Å². The van der Waals surface area contributed by atoms with Crippen LogP contribution in [0.2, 0.25) is 0 Å². The van der Waals surface area contributed by atoms with E-state index >= 15 is 0 Å². The SMILES string of the molecule is CC[C@@H](Nc1ccccc1OC)C(=O)Nc1ccccc1F. The molecule has 0 saturated heterocycles. The summed E-state index contributed by atoms with van der Waals surface area (Å²) in [6.45, 7) is 1.88. The van der Waals surface area contributed by atoms with Crippen LogP contribution in [0, 0.1) is 5.82 Å². The van der Waals surface area contributed by atoms with Crippen LogP contribution in [0.15, 0.2) is 48.5 Å². The van der Waals surface area contributed by atoms with Crippen molar-refractivity contribution in [2.45, 2.75) is 19.4 Å². The number of hydrogen-bond acceptors (Lipinski definition) is 3. The molecule has 0 aliphatic rings. The Hall–Kier alpha value is -2.56. The molecule has 0 unspecified atom stereocenters. The Labute approximate surface area is 129 Å². The molecule has 0 heterocycles. The molecule has 2 rings (SSSR count). The van der Waals surface area contributed by atoms with Gasteiger partial charge in [0.15, 0.2) is 0 Å². The maximum atomic E-state index is 13.6. The van der Waals surface area contributed by atoms with Gasteiger partial charge >= 0.3 is 0 Å². The average Bonchev–Trinajstić information content (AvgIpc) is 2.55. The van der Waals surface area contributed by atoms with Gasteiger partial charge in [-0.1, -0.05) is 31.2 Å². The van der Waals surface area contributed by atoms with Crippen molar-refractivity contribution >= 4 is 17.3 Å². The molecule has 1 amide bonds. The van der Waals surface area contributed by atoms with Gasteiger partial charge in [-0.2, -0.15) is 0 Å². The second-order valence-corrected chi connectivity index (χ2v) is 4.77. The Morgan fingerprint density at radius 2 is 1.77 bits per heavy atom. The summed E-state index contributed by atoms with van der Waals surface area (Å²) < 4.78 is 18.9. The van der Waals surface area contributed by atoms with Gasteiger partial charge in [0, 0.05) is 0 Å². The van der Waals surface area contributed by atoms with Crippen molar-refractivity contribution in [1.82, 2.24) is 0 Å². The lowest BCUT2D eigenvalue weighted by atomic mass is 10.1. The molecule has 0 aromatic heterocycles. The standard InChI is InChI=1S/C17H19FN2O2/c1-3-13(19-15-10-6-7-11-16(15)22-2)17(21)20-14-9-5-4-8-12(14)18/h4-11,13,19H,3H2,1-2H3,(H,20,21)/t13-/m1/s1. The van der Waals surface area contributed by atoms with Gasteiger partial charge in [0.25, 0.3) is 0 Å². The highest BCUT2D eigenvalue weighted by atomic mass is 19.1. The zero-order chi connectivity index (χ0) is 15.9. The fourth-order valence-corrected chi connectivity index (χ4v) is 2.09. The van der Waals surface area contributed by atoms with Crippen molar-refractivity contribution in [2.75, 3.05) is 17.7 Å². The first-order valence-corrected chi connectivity index (χ1v) is 7.10. The van der Waals surface area contributed by atoms with E-state index in [1.54, 1.807) is 19.2 Å². The van der Waals surface area contributed by atoms with E-state index in [-0.39, 0.29) is 11.6 Å². The predicted molar refractivity (Wildman–Crippen MR) is 85.7 cm³/mol. The van der Waals surface area contributed by atoms with Gasteiger partial charge in [0.2, 0.25) is 5.91 Å². The summed E-state index contributed by atoms with van der Waals surface area (Å²) in [5.41, 5.74) is 0.897. The molecule has 0 spiro atoms. The van der Waals surface area contributed by atoms with Crippen LogP contribution in [-0.4, -0.2) is 19.1 Å². The van der Waals surface area contributed by atoms with Crippen LogP contribution in [0.1, 0.15) is 13.3 Å². The zero-order valence-corrected chi connectivity index (χ0v) is 12.6. The third-order valence-corrected chi connectivity index (χ3v) is 3.29. The third kappa shape index (κ3) is 3.75. The molecular weight excluding hydrogens is 283 g/mol. The van der Waals surface area contributed by atoms with E-state index in [1.165, 1.54) is 12.1 Å². The molecule has 0 aliphatic carbocycles. The van der Waals surface area contributed by atoms with Crippen molar-refractivity contribution in [3.8, 4) is 5.75 Å². The Morgan fingerprint density at radius 3 is 2.41 bits per heavy atom. The number of halogens is 1. The lowest BCUT2D eigenvalue weighted by molar-refractivity contribution is -0.117. The van der Waals surface area contributed by atoms with Crippen LogP contribution in [0.3, 0.4) is 0 Å². The van der Waals surface area contributed by atoms with Gasteiger partial charge in [0.05, 0.1) is 18.5 Å². The number of carbonyl (C=O) groups is 1. The quantitative estimate of drug-likeness (QED) is 0.856. The van der Waals surface area contributed by atoms with Gasteiger partial charge in [-0.3, -0.25) is 4.79 Å². The molecule has 116 valence electrons. The molecule has 1 atom stereocenters. The molecule has 0 aliphatic heterocycles. The van der Waals surface area contributed by atoms with Crippen molar-refractivity contribution < 1.29 is 13.9 Å². The van der Waals surface area contributed by atoms with E-state index < -0.39 is 11.9 Å². The van der Waals surface area contributed by atoms with Crippen LogP contribution in [-0.2, 0) is 4.79 Å². The lowest BCUT2D eigenvalue weighted by Gasteiger charge is -2.19. The Balaban J connectivity index is 2.11. The molecule has 0 bridgehead atoms. The van der Waals surface area contributed by atoms with Crippen LogP contribution < -0.4 is 15.4 Å². The first kappa shape index (κ1) is 15.8. The van der Waals surface area contributed by atoms with Gasteiger partial charge < -0.3 is 15.4 Å². The number of amides is 1. The van der Waals surface area contributed by atoms with Crippen molar-refractivity contribution in [2.24, 2.45) is 0 Å². The van der Waals surface area contributed by atoms with Crippen LogP contribution in [0.4, 0.5) is 15.8 Å². The summed E-state index contributed by atoms with van der Waals surface area (Å²) >= 11 is 0. The molecule has 0 fully saturated rings. The van der Waals surface area contributed by atoms with E-state index in [9.17, 15) is 9.18 Å². The highest BCUT2D eigenvalue weighted by Gasteiger charge is 2.18. The monoisotopic (exact) mass is 302 g/mol. The van der Waals surface area contributed by atoms with Gasteiger partial charge in [-0.15, -0.1) is 0 Å². The summed E-state index contributed by atoms with van der Waals surface area (Å²) in [5.74, 6) is -0.0962. The molecule has 22 heavy (non-hydrogen) atoms. The molecule has 2 aromatic carbocycles. The molecule has 4 nitrogen and oxygen atoms in total. The molecule has 5 heteroatoms. The normalized spacial score (nSPS) is 11.6. The average molecular weight is 302 g/mol. The minimum Gasteiger partial charge on any atom is -0.495 e. The van der Waals surface area contributed by atoms with Crippen molar-refractivity contribution in [3.63, 3.8) is 0 Å². The van der Waals surface area contributed by atoms with Gasteiger partial charge in [-0.25, -0.2) is 4.39 Å². The van der Waals surface area contributed by atoms with Crippen molar-refractivity contribution in [3.05, 3.63) is 54.3 Å². The Kier molecular flexibility index (Phi) is 5.36. The highest BCUT2D eigenvalue weighted by molar-refractivity contribution is 5.96. The van der Waals surface area contributed by atoms with E-state index in [2.05, 4.69) is 10.6 Å². The maximum Gasteiger partial charge on any atom is 0.246 e. The topological polar surface area (TPSA) is 50.4 Å². The number of methoxy groups -OCH3 is 1. The van der Waals surface area contributed by atoms with E-state index in [0.29, 0.717) is 12.2 Å². The number of nitrogens with one attached hydrogen (secondary N) is 2. The summed E-state index contributed by atoms with van der Waals surface area (Å²) in [6.07, 6.45) is 0.554. The van der Waals surface area contributed by atoms with Gasteiger partial charge in [-0.05, 0) is 30.7 Å². The smallest absolute Gasteiger partial charge is 0.246 e. The molecular formula is C17H19FN2O2. The summed E-state index contributed by atoms with van der Waals surface area (Å²) in [6, 6.07) is 12.9. The lowest BCUT2D eigenvalue weighted by Crippen LogP contribution is -2.34. The van der Waals surface area contributed by atoms with Crippen LogP contribution >= 0.6 is 0 Å². The van der Waals surface area contributed by atoms with E-state index in [4.69, 9.17) is 4.74 Å². The number of benzene rings is 2. The summed E-state index contributed by atoms with van der Waals surface area (Å²) in [7, 11) is 1.57. The first-order valence-electron chi connectivity index (χ1n) is 7.10. The number of hydrogen-bond donors (Lipinski definition) is 2. The fraction of sp³-hybridized carbons (Fsp3) is 0.235. The van der Waals surface area contributed by atoms with Gasteiger partial charge in [0.1, 0.15) is 17.6 Å². The fourth-order valence-electron chi connectivity index (χ4n) is 2.09. The first-order chi connectivity index (χ1) is 10.7. The number of ether oxygens (including phenoxy) is 1. The maximum absolute atomic E-state index is 13.6.